The van der Waals surface area contributed by atoms with E-state index in [1.54, 1.807) is 0 Å². The van der Waals surface area contributed by atoms with Crippen molar-refractivity contribution < 1.29 is 9.90 Å². The maximum Gasteiger partial charge on any atom is 0.304 e. The fraction of sp³-hybridized carbons (Fsp3) is 0.562. The molecule has 1 aromatic carbocycles. The van der Waals surface area contributed by atoms with Crippen LogP contribution in [0.15, 0.2) is 24.3 Å². The van der Waals surface area contributed by atoms with Gasteiger partial charge in [-0.05, 0) is 30.4 Å². The van der Waals surface area contributed by atoms with Crippen LogP contribution in [-0.2, 0) is 11.2 Å². The van der Waals surface area contributed by atoms with E-state index in [9.17, 15) is 4.79 Å². The van der Waals surface area contributed by atoms with Gasteiger partial charge in [-0.15, -0.1) is 0 Å². The van der Waals surface area contributed by atoms with Crippen LogP contribution in [0.4, 0.5) is 0 Å². The summed E-state index contributed by atoms with van der Waals surface area (Å²) in [6.07, 6.45) is 3.81. The lowest BCUT2D eigenvalue weighted by atomic mass is 9.86. The zero-order valence-corrected chi connectivity index (χ0v) is 12.4. The number of carboxylic acid groups (broad SMARTS) is 1. The summed E-state index contributed by atoms with van der Waals surface area (Å²) in [6, 6.07) is 9.29. The molecular weight excluding hydrogens is 270 g/mol. The highest BCUT2D eigenvalue weighted by Gasteiger charge is 2.33. The number of nitrogens with zero attached hydrogens (tertiary/aromatic N) is 1. The van der Waals surface area contributed by atoms with Crippen molar-refractivity contribution in [2.75, 3.05) is 18.1 Å². The van der Waals surface area contributed by atoms with Gasteiger partial charge in [0.05, 0.1) is 6.42 Å². The van der Waals surface area contributed by atoms with Crippen molar-refractivity contribution >= 4 is 17.7 Å². The molecular formula is C16H21NO2S. The Labute approximate surface area is 124 Å². The minimum atomic E-state index is -0.674. The van der Waals surface area contributed by atoms with Crippen LogP contribution in [0.3, 0.4) is 0 Å². The van der Waals surface area contributed by atoms with Gasteiger partial charge in [-0.25, -0.2) is 0 Å². The second kappa shape index (κ2) is 6.19. The summed E-state index contributed by atoms with van der Waals surface area (Å²) in [4.78, 5) is 13.6. The van der Waals surface area contributed by atoms with Gasteiger partial charge >= 0.3 is 5.97 Å². The molecule has 3 rings (SSSR count). The molecule has 0 radical (unpaired) electrons. The van der Waals surface area contributed by atoms with Crippen LogP contribution in [0.25, 0.3) is 0 Å². The molecule has 1 aliphatic heterocycles. The fourth-order valence-electron chi connectivity index (χ4n) is 3.53. The van der Waals surface area contributed by atoms with Crippen molar-refractivity contribution in [2.24, 2.45) is 0 Å². The summed E-state index contributed by atoms with van der Waals surface area (Å²) >= 11 is 1.89. The van der Waals surface area contributed by atoms with Gasteiger partial charge in [-0.3, -0.25) is 9.69 Å². The number of carbonyl (C=O) groups is 1. The maximum absolute atomic E-state index is 11.1. The molecule has 3 nitrogen and oxygen atoms in total. The third-order valence-corrected chi connectivity index (χ3v) is 5.51. The summed E-state index contributed by atoms with van der Waals surface area (Å²) in [5.74, 6) is 1.39. The predicted molar refractivity (Wildman–Crippen MR) is 82.2 cm³/mol. The zero-order chi connectivity index (χ0) is 13.9. The summed E-state index contributed by atoms with van der Waals surface area (Å²) in [6.45, 7) is 1.02. The Bertz CT molecular complexity index is 491. The lowest BCUT2D eigenvalue weighted by Crippen LogP contribution is -2.46. The van der Waals surface area contributed by atoms with Crippen LogP contribution in [0, 0.1) is 0 Å². The van der Waals surface area contributed by atoms with Crippen molar-refractivity contribution in [3.05, 3.63) is 35.4 Å². The number of fused-ring (bicyclic) bond motifs is 1. The average Bonchev–Trinajstić information content (AvgIpc) is 2.47. The second-order valence-electron chi connectivity index (χ2n) is 5.67. The molecule has 0 saturated carbocycles. The molecule has 4 heteroatoms. The number of aryl methyl sites for hydroxylation is 1. The van der Waals surface area contributed by atoms with Crippen LogP contribution in [0.1, 0.15) is 36.4 Å². The Hall–Kier alpha value is -1.00. The van der Waals surface area contributed by atoms with Crippen LogP contribution < -0.4 is 0 Å². The third-order valence-electron chi connectivity index (χ3n) is 4.42. The number of rotatable bonds is 3. The van der Waals surface area contributed by atoms with Crippen molar-refractivity contribution in [2.45, 2.75) is 37.8 Å². The van der Waals surface area contributed by atoms with Gasteiger partial charge in [-0.2, -0.15) is 11.8 Å². The molecule has 0 bridgehead atoms. The highest BCUT2D eigenvalue weighted by atomic mass is 32.2. The predicted octanol–water partition coefficient (Wildman–Crippen LogP) is 2.96. The number of hydrogen-bond donors (Lipinski definition) is 1. The molecule has 1 fully saturated rings. The first kappa shape index (κ1) is 14.0. The molecule has 0 aromatic heterocycles. The van der Waals surface area contributed by atoms with Gasteiger partial charge in [0.25, 0.3) is 0 Å². The van der Waals surface area contributed by atoms with E-state index >= 15 is 0 Å². The fourth-order valence-corrected chi connectivity index (χ4v) is 4.62. The largest absolute Gasteiger partial charge is 0.481 e. The minimum Gasteiger partial charge on any atom is -0.481 e. The third kappa shape index (κ3) is 2.86. The van der Waals surface area contributed by atoms with E-state index in [-0.39, 0.29) is 12.5 Å². The molecule has 2 aliphatic rings. The van der Waals surface area contributed by atoms with E-state index < -0.39 is 5.97 Å². The molecule has 108 valence electrons. The molecule has 1 aliphatic carbocycles. The number of hydrogen-bond acceptors (Lipinski definition) is 3. The van der Waals surface area contributed by atoms with Gasteiger partial charge in [-0.1, -0.05) is 24.3 Å². The molecule has 2 unspecified atom stereocenters. The van der Waals surface area contributed by atoms with Gasteiger partial charge in [0.1, 0.15) is 0 Å². The van der Waals surface area contributed by atoms with E-state index in [2.05, 4.69) is 29.2 Å². The summed E-state index contributed by atoms with van der Waals surface area (Å²) in [5, 5.41) is 9.14. The molecule has 20 heavy (non-hydrogen) atoms. The van der Waals surface area contributed by atoms with Crippen LogP contribution in [0.2, 0.25) is 0 Å². The average molecular weight is 291 g/mol. The van der Waals surface area contributed by atoms with Crippen LogP contribution in [0.5, 0.6) is 0 Å². The zero-order valence-electron chi connectivity index (χ0n) is 11.6. The van der Waals surface area contributed by atoms with Gasteiger partial charge in [0, 0.05) is 30.1 Å². The topological polar surface area (TPSA) is 40.5 Å². The number of aliphatic carboxylic acids is 1. The van der Waals surface area contributed by atoms with E-state index in [1.807, 2.05) is 11.8 Å². The Morgan fingerprint density at radius 3 is 3.10 bits per heavy atom. The van der Waals surface area contributed by atoms with Crippen molar-refractivity contribution in [3.63, 3.8) is 0 Å². The Morgan fingerprint density at radius 2 is 2.25 bits per heavy atom. The van der Waals surface area contributed by atoms with Gasteiger partial charge in [0.15, 0.2) is 0 Å². The van der Waals surface area contributed by atoms with Gasteiger partial charge in [0.2, 0.25) is 0 Å². The number of benzene rings is 1. The molecule has 1 aromatic rings. The first-order valence-corrected chi connectivity index (χ1v) is 8.54. The normalized spacial score (nSPS) is 27.0. The molecule has 1 N–H and O–H groups in total. The van der Waals surface area contributed by atoms with E-state index in [0.717, 1.165) is 24.5 Å². The van der Waals surface area contributed by atoms with E-state index in [4.69, 9.17) is 5.11 Å². The van der Waals surface area contributed by atoms with Crippen LogP contribution in [-0.4, -0.2) is 40.1 Å². The summed E-state index contributed by atoms with van der Waals surface area (Å²) in [5.41, 5.74) is 2.89. The lowest BCUT2D eigenvalue weighted by Gasteiger charge is -2.42. The Kier molecular flexibility index (Phi) is 4.32. The Morgan fingerprint density at radius 1 is 1.40 bits per heavy atom. The first-order valence-electron chi connectivity index (χ1n) is 7.39. The second-order valence-corrected chi connectivity index (χ2v) is 6.82. The van der Waals surface area contributed by atoms with Crippen molar-refractivity contribution in [3.8, 4) is 0 Å². The van der Waals surface area contributed by atoms with Crippen LogP contribution >= 0.6 is 11.8 Å². The molecule has 1 heterocycles. The van der Waals surface area contributed by atoms with E-state index in [0.29, 0.717) is 6.04 Å². The summed E-state index contributed by atoms with van der Waals surface area (Å²) in [7, 11) is 0. The molecule has 0 amide bonds. The standard InChI is InChI=1S/C16H21NO2S/c18-16(19)10-13-11-20-9-8-17(13)15-7-3-5-12-4-1-2-6-14(12)15/h1-2,4,6,13,15H,3,5,7-11H2,(H,18,19). The monoisotopic (exact) mass is 291 g/mol. The quantitative estimate of drug-likeness (QED) is 0.929. The van der Waals surface area contributed by atoms with E-state index in [1.165, 1.54) is 24.0 Å². The number of thioether (sulfide) groups is 1. The Balaban J connectivity index is 1.85. The summed E-state index contributed by atoms with van der Waals surface area (Å²) < 4.78 is 0. The van der Waals surface area contributed by atoms with Gasteiger partial charge < -0.3 is 5.11 Å². The highest BCUT2D eigenvalue weighted by Crippen LogP contribution is 2.37. The SMILES string of the molecule is O=C(O)CC1CSCCN1C1CCCc2ccccc21. The van der Waals surface area contributed by atoms with Crippen molar-refractivity contribution in [1.29, 1.82) is 0 Å². The smallest absolute Gasteiger partial charge is 0.304 e. The van der Waals surface area contributed by atoms with Crippen molar-refractivity contribution in [1.82, 2.24) is 4.90 Å². The lowest BCUT2D eigenvalue weighted by molar-refractivity contribution is -0.138. The maximum atomic E-state index is 11.1. The number of carboxylic acids is 1. The highest BCUT2D eigenvalue weighted by molar-refractivity contribution is 7.99. The first-order chi connectivity index (χ1) is 9.75. The molecule has 2 atom stereocenters. The molecule has 1 saturated heterocycles. The minimum absolute atomic E-state index is 0.183. The molecule has 0 spiro atoms.